The molecule has 2 atom stereocenters. The van der Waals surface area contributed by atoms with Gasteiger partial charge in [-0.2, -0.15) is 4.98 Å². The molecular weight excluding hydrogens is 400 g/mol. The van der Waals surface area contributed by atoms with E-state index in [9.17, 15) is 9.59 Å². The molecule has 2 amide bonds. The zero-order valence-corrected chi connectivity index (χ0v) is 18.5. The van der Waals surface area contributed by atoms with Crippen molar-refractivity contribution in [3.05, 3.63) is 41.5 Å². The van der Waals surface area contributed by atoms with Crippen LogP contribution in [-0.2, 0) is 33.9 Å². The minimum Gasteiger partial charge on any atom is -0.497 e. The number of benzene rings is 1. The fourth-order valence-corrected chi connectivity index (χ4v) is 3.66. The van der Waals surface area contributed by atoms with Gasteiger partial charge in [-0.25, -0.2) is 0 Å². The van der Waals surface area contributed by atoms with Gasteiger partial charge in [0.2, 0.25) is 11.8 Å². The highest BCUT2D eigenvalue weighted by Gasteiger charge is 2.34. The molecule has 0 N–H and O–H groups in total. The molecule has 1 aliphatic rings. The van der Waals surface area contributed by atoms with Gasteiger partial charge in [0.05, 0.1) is 26.3 Å². The van der Waals surface area contributed by atoms with Crippen LogP contribution in [0.15, 0.2) is 28.8 Å². The standard InChI is InChI=1S/C22H30N4O5/c1-5-21-23-20(24-31-21)13-26(16(3)27)18-9-10-25(12-18)22(28)15(2)30-14-17-7-6-8-19(11-17)29-4/h6-8,11,15,18H,5,9-10,12-14H2,1-4H3/t15-,18+/m0/s1. The monoisotopic (exact) mass is 430 g/mol. The van der Waals surface area contributed by atoms with Crippen LogP contribution in [0.5, 0.6) is 5.75 Å². The Hall–Kier alpha value is -2.94. The van der Waals surface area contributed by atoms with E-state index in [-0.39, 0.29) is 24.4 Å². The number of likely N-dealkylation sites (tertiary alicyclic amines) is 1. The van der Waals surface area contributed by atoms with Gasteiger partial charge >= 0.3 is 0 Å². The highest BCUT2D eigenvalue weighted by atomic mass is 16.5. The molecule has 9 nitrogen and oxygen atoms in total. The van der Waals surface area contributed by atoms with Crippen LogP contribution < -0.4 is 4.74 Å². The third-order valence-electron chi connectivity index (χ3n) is 5.43. The summed E-state index contributed by atoms with van der Waals surface area (Å²) < 4.78 is 16.2. The molecule has 0 spiro atoms. The van der Waals surface area contributed by atoms with E-state index in [4.69, 9.17) is 14.0 Å². The van der Waals surface area contributed by atoms with Crippen molar-refractivity contribution >= 4 is 11.8 Å². The number of amides is 2. The number of rotatable bonds is 9. The Morgan fingerprint density at radius 2 is 2.19 bits per heavy atom. The van der Waals surface area contributed by atoms with Gasteiger partial charge in [-0.3, -0.25) is 9.59 Å². The van der Waals surface area contributed by atoms with Crippen LogP contribution in [0.1, 0.15) is 44.5 Å². The van der Waals surface area contributed by atoms with Crippen molar-refractivity contribution < 1.29 is 23.6 Å². The first-order valence-electron chi connectivity index (χ1n) is 10.5. The second kappa shape index (κ2) is 10.4. The first-order valence-corrected chi connectivity index (χ1v) is 10.5. The predicted molar refractivity (Wildman–Crippen MR) is 112 cm³/mol. The molecule has 1 saturated heterocycles. The van der Waals surface area contributed by atoms with Gasteiger partial charge in [0.25, 0.3) is 5.91 Å². The highest BCUT2D eigenvalue weighted by molar-refractivity contribution is 5.81. The van der Waals surface area contributed by atoms with Crippen molar-refractivity contribution in [1.82, 2.24) is 19.9 Å². The fourth-order valence-electron chi connectivity index (χ4n) is 3.66. The lowest BCUT2D eigenvalue weighted by atomic mass is 10.2. The van der Waals surface area contributed by atoms with Gasteiger partial charge in [0.15, 0.2) is 5.82 Å². The van der Waals surface area contributed by atoms with E-state index in [0.29, 0.717) is 44.3 Å². The lowest BCUT2D eigenvalue weighted by Gasteiger charge is -2.27. The second-order valence-electron chi connectivity index (χ2n) is 7.64. The average Bonchev–Trinajstić information content (AvgIpc) is 3.44. The Balaban J connectivity index is 1.54. The molecule has 1 aromatic heterocycles. The zero-order valence-electron chi connectivity index (χ0n) is 18.5. The van der Waals surface area contributed by atoms with Gasteiger partial charge in [-0.15, -0.1) is 0 Å². The number of aryl methyl sites for hydroxylation is 1. The Labute approximate surface area is 182 Å². The molecule has 168 valence electrons. The summed E-state index contributed by atoms with van der Waals surface area (Å²) in [5, 5.41) is 3.94. The van der Waals surface area contributed by atoms with Crippen molar-refractivity contribution in [2.24, 2.45) is 0 Å². The molecule has 0 unspecified atom stereocenters. The number of carbonyl (C=O) groups is 2. The van der Waals surface area contributed by atoms with Gasteiger partial charge in [-0.1, -0.05) is 24.2 Å². The van der Waals surface area contributed by atoms with Crippen molar-refractivity contribution in [2.45, 2.75) is 58.9 Å². The molecule has 9 heteroatoms. The number of nitrogens with zero attached hydrogens (tertiary/aromatic N) is 4. The Bertz CT molecular complexity index is 900. The van der Waals surface area contributed by atoms with Crippen LogP contribution in [0.4, 0.5) is 0 Å². The molecule has 0 aliphatic carbocycles. The topological polar surface area (TPSA) is 98.0 Å². The van der Waals surface area contributed by atoms with Gasteiger partial charge < -0.3 is 23.8 Å². The highest BCUT2D eigenvalue weighted by Crippen LogP contribution is 2.20. The maximum Gasteiger partial charge on any atom is 0.251 e. The largest absolute Gasteiger partial charge is 0.497 e. The number of carbonyl (C=O) groups excluding carboxylic acids is 2. The third-order valence-corrected chi connectivity index (χ3v) is 5.43. The normalized spacial score (nSPS) is 16.9. The molecule has 1 fully saturated rings. The Morgan fingerprint density at radius 1 is 1.39 bits per heavy atom. The maximum atomic E-state index is 12.9. The minimum absolute atomic E-state index is 0.0792. The summed E-state index contributed by atoms with van der Waals surface area (Å²) in [6.07, 6.45) is 0.763. The minimum atomic E-state index is -0.583. The number of hydrogen-bond acceptors (Lipinski definition) is 7. The third kappa shape index (κ3) is 5.81. The van der Waals surface area contributed by atoms with Crippen molar-refractivity contribution in [1.29, 1.82) is 0 Å². The summed E-state index contributed by atoms with van der Waals surface area (Å²) in [4.78, 5) is 32.8. The van der Waals surface area contributed by atoms with E-state index in [1.165, 1.54) is 6.92 Å². The van der Waals surface area contributed by atoms with Gasteiger partial charge in [-0.05, 0) is 31.0 Å². The first-order chi connectivity index (χ1) is 14.9. The molecule has 0 bridgehead atoms. The molecule has 31 heavy (non-hydrogen) atoms. The van der Waals surface area contributed by atoms with Crippen molar-refractivity contribution in [3.8, 4) is 5.75 Å². The quantitative estimate of drug-likeness (QED) is 0.601. The summed E-state index contributed by atoms with van der Waals surface area (Å²) in [6.45, 7) is 6.83. The molecule has 2 heterocycles. The number of ether oxygens (including phenoxy) is 2. The van der Waals surface area contributed by atoms with E-state index in [1.54, 1.807) is 23.8 Å². The molecule has 0 radical (unpaired) electrons. The molecule has 3 rings (SSSR count). The van der Waals surface area contributed by atoms with E-state index in [1.807, 2.05) is 31.2 Å². The summed E-state index contributed by atoms with van der Waals surface area (Å²) >= 11 is 0. The predicted octanol–water partition coefficient (Wildman–Crippen LogP) is 2.20. The van der Waals surface area contributed by atoms with Crippen molar-refractivity contribution in [3.63, 3.8) is 0 Å². The molecule has 2 aromatic rings. The molecular formula is C22H30N4O5. The van der Waals surface area contributed by atoms with Crippen LogP contribution in [-0.4, -0.2) is 64.1 Å². The average molecular weight is 431 g/mol. The zero-order chi connectivity index (χ0) is 22.4. The van der Waals surface area contributed by atoms with E-state index in [2.05, 4.69) is 10.1 Å². The maximum absolute atomic E-state index is 12.9. The summed E-state index contributed by atoms with van der Waals surface area (Å²) in [5.74, 6) is 1.61. The summed E-state index contributed by atoms with van der Waals surface area (Å²) in [7, 11) is 1.61. The van der Waals surface area contributed by atoms with Gasteiger partial charge in [0, 0.05) is 26.4 Å². The first kappa shape index (κ1) is 22.7. The van der Waals surface area contributed by atoms with Gasteiger partial charge in [0.1, 0.15) is 11.9 Å². The second-order valence-corrected chi connectivity index (χ2v) is 7.64. The lowest BCUT2D eigenvalue weighted by molar-refractivity contribution is -0.143. The number of aromatic nitrogens is 2. The van der Waals surface area contributed by atoms with Crippen LogP contribution in [0.25, 0.3) is 0 Å². The summed E-state index contributed by atoms with van der Waals surface area (Å²) in [5.41, 5.74) is 0.938. The van der Waals surface area contributed by atoms with E-state index < -0.39 is 6.10 Å². The molecule has 0 saturated carbocycles. The summed E-state index contributed by atoms with van der Waals surface area (Å²) in [6, 6.07) is 7.48. The SMILES string of the molecule is CCc1nc(CN(C(C)=O)[C@@H]2CCN(C(=O)[C@H](C)OCc3cccc(OC)c3)C2)no1. The van der Waals surface area contributed by atoms with Crippen LogP contribution in [0, 0.1) is 0 Å². The lowest BCUT2D eigenvalue weighted by Crippen LogP contribution is -2.43. The molecule has 1 aromatic carbocycles. The fraction of sp³-hybridized carbons (Fsp3) is 0.545. The smallest absolute Gasteiger partial charge is 0.251 e. The van der Waals surface area contributed by atoms with Crippen LogP contribution >= 0.6 is 0 Å². The van der Waals surface area contributed by atoms with Crippen LogP contribution in [0.2, 0.25) is 0 Å². The number of hydrogen-bond donors (Lipinski definition) is 0. The Morgan fingerprint density at radius 3 is 2.87 bits per heavy atom. The van der Waals surface area contributed by atoms with E-state index in [0.717, 1.165) is 11.3 Å². The van der Waals surface area contributed by atoms with Crippen LogP contribution in [0.3, 0.4) is 0 Å². The van der Waals surface area contributed by atoms with Crippen molar-refractivity contribution in [2.75, 3.05) is 20.2 Å². The number of methoxy groups -OCH3 is 1. The molecule has 1 aliphatic heterocycles. The van der Waals surface area contributed by atoms with E-state index >= 15 is 0 Å². The Kier molecular flexibility index (Phi) is 7.62.